The molecule has 3 rings (SSSR count). The highest BCUT2D eigenvalue weighted by atomic mass is 79.9. The lowest BCUT2D eigenvalue weighted by Gasteiger charge is -2.21. The number of nitrogens with one attached hydrogen (secondary N) is 1. The van der Waals surface area contributed by atoms with Gasteiger partial charge in [-0.15, -0.1) is 17.9 Å². The maximum Gasteiger partial charge on any atom is 0.238 e. The molecule has 0 unspecified atom stereocenters. The van der Waals surface area contributed by atoms with E-state index in [1.807, 2.05) is 23.1 Å². The summed E-state index contributed by atoms with van der Waals surface area (Å²) in [6, 6.07) is 9.50. The first kappa shape index (κ1) is 18.0. The fraction of sp³-hybridized carbons (Fsp3) is 0.278. The Morgan fingerprint density at radius 2 is 2.08 bits per heavy atom. The zero-order valence-corrected chi connectivity index (χ0v) is 16.1. The van der Waals surface area contributed by atoms with Gasteiger partial charge in [0.05, 0.1) is 10.3 Å². The molecule has 1 aromatic heterocycles. The molecule has 0 radical (unpaired) electrons. The van der Waals surface area contributed by atoms with Crippen LogP contribution in [0.5, 0.6) is 11.5 Å². The van der Waals surface area contributed by atoms with Gasteiger partial charge in [0.15, 0.2) is 11.5 Å². The monoisotopic (exact) mass is 422 g/mol. The molecule has 1 N–H and O–H groups in total. The normalized spacial score (nSPS) is 12.9. The van der Waals surface area contributed by atoms with E-state index in [0.717, 1.165) is 3.79 Å². The van der Waals surface area contributed by atoms with Crippen molar-refractivity contribution in [2.24, 2.45) is 0 Å². The number of halogens is 1. The van der Waals surface area contributed by atoms with E-state index >= 15 is 0 Å². The van der Waals surface area contributed by atoms with Crippen LogP contribution in [0.2, 0.25) is 0 Å². The Bertz CT molecular complexity index is 763. The van der Waals surface area contributed by atoms with Gasteiger partial charge in [0.1, 0.15) is 13.2 Å². The Morgan fingerprint density at radius 1 is 1.28 bits per heavy atom. The largest absolute Gasteiger partial charge is 0.486 e. The molecule has 1 aliphatic rings. The summed E-state index contributed by atoms with van der Waals surface area (Å²) in [5.74, 6) is 1.30. The van der Waals surface area contributed by atoms with Gasteiger partial charge in [0, 0.05) is 29.7 Å². The van der Waals surface area contributed by atoms with E-state index in [-0.39, 0.29) is 12.5 Å². The first-order chi connectivity index (χ1) is 12.1. The fourth-order valence-corrected chi connectivity index (χ4v) is 4.08. The van der Waals surface area contributed by atoms with Gasteiger partial charge in [0.25, 0.3) is 0 Å². The molecule has 0 saturated carbocycles. The first-order valence-corrected chi connectivity index (χ1v) is 9.52. The Kier molecular flexibility index (Phi) is 6.12. The number of rotatable bonds is 7. The van der Waals surface area contributed by atoms with Crippen LogP contribution in [0.4, 0.5) is 5.69 Å². The third-order valence-electron chi connectivity index (χ3n) is 3.59. The van der Waals surface area contributed by atoms with Crippen molar-refractivity contribution in [1.29, 1.82) is 0 Å². The number of carbonyl (C=O) groups excluding carboxylic acids is 1. The maximum absolute atomic E-state index is 12.4. The number of carbonyl (C=O) groups is 1. The van der Waals surface area contributed by atoms with Crippen LogP contribution in [0.25, 0.3) is 0 Å². The van der Waals surface area contributed by atoms with Gasteiger partial charge in [-0.25, -0.2) is 0 Å². The molecule has 1 aromatic carbocycles. The van der Waals surface area contributed by atoms with E-state index in [0.29, 0.717) is 43.5 Å². The number of nitrogens with zero attached hydrogens (tertiary/aromatic N) is 1. The third-order valence-corrected chi connectivity index (χ3v) is 5.20. The zero-order valence-electron chi connectivity index (χ0n) is 13.7. The lowest BCUT2D eigenvalue weighted by molar-refractivity contribution is -0.117. The van der Waals surface area contributed by atoms with E-state index in [1.54, 1.807) is 23.5 Å². The van der Waals surface area contributed by atoms with Gasteiger partial charge in [-0.1, -0.05) is 6.08 Å². The summed E-state index contributed by atoms with van der Waals surface area (Å²) in [6.07, 6.45) is 1.81. The van der Waals surface area contributed by atoms with Gasteiger partial charge >= 0.3 is 0 Å². The van der Waals surface area contributed by atoms with Crippen molar-refractivity contribution < 1.29 is 14.3 Å². The number of hydrogen-bond donors (Lipinski definition) is 1. The lowest BCUT2D eigenvalue weighted by Crippen LogP contribution is -2.32. The summed E-state index contributed by atoms with van der Waals surface area (Å²) < 4.78 is 12.1. The van der Waals surface area contributed by atoms with Crippen molar-refractivity contribution in [2.45, 2.75) is 6.54 Å². The Hall–Kier alpha value is -1.83. The quantitative estimate of drug-likeness (QED) is 0.687. The molecule has 0 spiro atoms. The standard InChI is InChI=1S/C18H19BrN2O3S/c1-2-7-21(11-14-4-6-17(19)25-14)12-18(22)20-13-3-5-15-16(10-13)24-9-8-23-15/h2-6,10H,1,7-9,11-12H2,(H,20,22). The molecule has 0 atom stereocenters. The smallest absolute Gasteiger partial charge is 0.238 e. The second-order valence-corrected chi connectivity index (χ2v) is 8.12. The number of anilines is 1. The number of hydrogen-bond acceptors (Lipinski definition) is 5. The third kappa shape index (κ3) is 5.07. The van der Waals surface area contributed by atoms with Crippen molar-refractivity contribution in [3.8, 4) is 11.5 Å². The van der Waals surface area contributed by atoms with Gasteiger partial charge in [-0.2, -0.15) is 0 Å². The minimum atomic E-state index is -0.0749. The molecular weight excluding hydrogens is 404 g/mol. The van der Waals surface area contributed by atoms with E-state index in [9.17, 15) is 4.79 Å². The van der Waals surface area contributed by atoms with E-state index in [1.165, 1.54) is 4.88 Å². The second-order valence-electron chi connectivity index (χ2n) is 5.57. The van der Waals surface area contributed by atoms with Crippen molar-refractivity contribution in [1.82, 2.24) is 4.90 Å². The number of amides is 1. The molecule has 5 nitrogen and oxygen atoms in total. The highest BCUT2D eigenvalue weighted by molar-refractivity contribution is 9.11. The molecule has 25 heavy (non-hydrogen) atoms. The number of fused-ring (bicyclic) bond motifs is 1. The van der Waals surface area contributed by atoms with Crippen molar-refractivity contribution >= 4 is 38.9 Å². The molecule has 7 heteroatoms. The summed E-state index contributed by atoms with van der Waals surface area (Å²) in [5.41, 5.74) is 0.701. The molecule has 1 aliphatic heterocycles. The highest BCUT2D eigenvalue weighted by Gasteiger charge is 2.15. The van der Waals surface area contributed by atoms with Gasteiger partial charge in [-0.3, -0.25) is 9.69 Å². The lowest BCUT2D eigenvalue weighted by atomic mass is 10.2. The van der Waals surface area contributed by atoms with Gasteiger partial charge in [-0.05, 0) is 40.2 Å². The van der Waals surface area contributed by atoms with Crippen LogP contribution in [0.1, 0.15) is 4.88 Å². The molecule has 132 valence electrons. The SMILES string of the molecule is C=CCN(CC(=O)Nc1ccc2c(c1)OCCO2)Cc1ccc(Br)s1. The van der Waals surface area contributed by atoms with Crippen LogP contribution in [-0.2, 0) is 11.3 Å². The molecule has 0 bridgehead atoms. The van der Waals surface area contributed by atoms with Gasteiger partial charge in [0.2, 0.25) is 5.91 Å². The maximum atomic E-state index is 12.4. The Balaban J connectivity index is 1.60. The van der Waals surface area contributed by atoms with Crippen LogP contribution in [-0.4, -0.2) is 37.1 Å². The summed E-state index contributed by atoms with van der Waals surface area (Å²) in [7, 11) is 0. The minimum Gasteiger partial charge on any atom is -0.486 e. The molecule has 1 amide bonds. The summed E-state index contributed by atoms with van der Waals surface area (Å²) in [5, 5.41) is 2.92. The minimum absolute atomic E-state index is 0.0749. The Labute approximate surface area is 159 Å². The molecule has 0 aliphatic carbocycles. The molecule has 2 aromatic rings. The average molecular weight is 423 g/mol. The summed E-state index contributed by atoms with van der Waals surface area (Å²) in [4.78, 5) is 15.6. The average Bonchev–Trinajstić information content (AvgIpc) is 2.99. The molecular formula is C18H19BrN2O3S. The highest BCUT2D eigenvalue weighted by Crippen LogP contribution is 2.32. The van der Waals surface area contributed by atoms with E-state index in [4.69, 9.17) is 9.47 Å². The van der Waals surface area contributed by atoms with Crippen LogP contribution in [0.15, 0.2) is 46.8 Å². The van der Waals surface area contributed by atoms with Crippen molar-refractivity contribution in [2.75, 3.05) is 31.6 Å². The topological polar surface area (TPSA) is 50.8 Å². The second kappa shape index (κ2) is 8.51. The number of benzene rings is 1. The number of ether oxygens (including phenoxy) is 2. The fourth-order valence-electron chi connectivity index (χ4n) is 2.55. The molecule has 2 heterocycles. The van der Waals surface area contributed by atoms with Crippen LogP contribution in [0.3, 0.4) is 0 Å². The Morgan fingerprint density at radius 3 is 2.80 bits per heavy atom. The van der Waals surface area contributed by atoms with Crippen molar-refractivity contribution in [3.05, 3.63) is 51.7 Å². The van der Waals surface area contributed by atoms with Crippen molar-refractivity contribution in [3.63, 3.8) is 0 Å². The van der Waals surface area contributed by atoms with Gasteiger partial charge < -0.3 is 14.8 Å². The van der Waals surface area contributed by atoms with E-state index in [2.05, 4.69) is 33.9 Å². The number of thiophene rings is 1. The molecule has 0 fully saturated rings. The van der Waals surface area contributed by atoms with Crippen LogP contribution >= 0.6 is 27.3 Å². The predicted octanol–water partition coefficient (Wildman–Crippen LogP) is 3.91. The summed E-state index contributed by atoms with van der Waals surface area (Å²) in [6.45, 7) is 6.48. The van der Waals surface area contributed by atoms with Crippen LogP contribution < -0.4 is 14.8 Å². The summed E-state index contributed by atoms with van der Waals surface area (Å²) >= 11 is 5.13. The zero-order chi connectivity index (χ0) is 17.6. The first-order valence-electron chi connectivity index (χ1n) is 7.91. The predicted molar refractivity (Wildman–Crippen MR) is 104 cm³/mol. The van der Waals surface area contributed by atoms with Crippen LogP contribution in [0, 0.1) is 0 Å². The molecule has 0 saturated heterocycles. The van der Waals surface area contributed by atoms with E-state index < -0.39 is 0 Å².